The SMILES string of the molecule is COc1ccc([N+](=O)[O-])c(C(C)(C)C(=O)NCCc2ccc(OC)c(OC)c2)c1. The fourth-order valence-electron chi connectivity index (χ4n) is 3.00. The highest BCUT2D eigenvalue weighted by Crippen LogP contribution is 2.34. The van der Waals surface area contributed by atoms with Crippen LogP contribution >= 0.6 is 0 Å². The molecule has 0 atom stereocenters. The van der Waals surface area contributed by atoms with Crippen molar-refractivity contribution in [1.82, 2.24) is 5.32 Å². The van der Waals surface area contributed by atoms with E-state index in [1.165, 1.54) is 25.3 Å². The molecule has 2 aromatic carbocycles. The summed E-state index contributed by atoms with van der Waals surface area (Å²) in [5, 5.41) is 14.3. The molecule has 0 aliphatic heterocycles. The van der Waals surface area contributed by atoms with Crippen molar-refractivity contribution in [3.8, 4) is 17.2 Å². The van der Waals surface area contributed by atoms with Gasteiger partial charge in [-0.3, -0.25) is 14.9 Å². The van der Waals surface area contributed by atoms with Crippen LogP contribution in [-0.4, -0.2) is 38.7 Å². The molecule has 0 saturated heterocycles. The summed E-state index contributed by atoms with van der Waals surface area (Å²) in [6, 6.07) is 9.94. The molecule has 1 N–H and O–H groups in total. The average Bonchev–Trinajstić information content (AvgIpc) is 2.72. The molecule has 0 unspecified atom stereocenters. The zero-order valence-corrected chi connectivity index (χ0v) is 17.3. The van der Waals surface area contributed by atoms with Gasteiger partial charge in [0, 0.05) is 18.2 Å². The van der Waals surface area contributed by atoms with E-state index >= 15 is 0 Å². The maximum absolute atomic E-state index is 12.8. The Bertz CT molecular complexity index is 895. The van der Waals surface area contributed by atoms with Crippen molar-refractivity contribution in [3.05, 3.63) is 57.6 Å². The Kier molecular flexibility index (Phi) is 7.03. The molecular weight excluding hydrogens is 376 g/mol. The minimum atomic E-state index is -1.12. The third kappa shape index (κ3) is 4.96. The summed E-state index contributed by atoms with van der Waals surface area (Å²) in [5.74, 6) is 1.39. The second-order valence-electron chi connectivity index (χ2n) is 6.96. The molecule has 156 valence electrons. The van der Waals surface area contributed by atoms with E-state index in [4.69, 9.17) is 14.2 Å². The zero-order valence-electron chi connectivity index (χ0n) is 17.3. The van der Waals surface area contributed by atoms with Crippen LogP contribution in [0.5, 0.6) is 17.2 Å². The highest BCUT2D eigenvalue weighted by molar-refractivity contribution is 5.88. The second kappa shape index (κ2) is 9.27. The monoisotopic (exact) mass is 402 g/mol. The number of nitro groups is 1. The number of nitrogens with one attached hydrogen (secondary N) is 1. The number of carbonyl (C=O) groups excluding carboxylic acids is 1. The molecule has 2 aromatic rings. The van der Waals surface area contributed by atoms with Crippen LogP contribution in [0, 0.1) is 10.1 Å². The molecule has 0 bridgehead atoms. The number of benzene rings is 2. The van der Waals surface area contributed by atoms with Gasteiger partial charge >= 0.3 is 0 Å². The lowest BCUT2D eigenvalue weighted by atomic mass is 9.82. The maximum Gasteiger partial charge on any atom is 0.273 e. The summed E-state index contributed by atoms with van der Waals surface area (Å²) in [6.07, 6.45) is 0.572. The maximum atomic E-state index is 12.8. The quantitative estimate of drug-likeness (QED) is 0.510. The Labute approximate surface area is 169 Å². The van der Waals surface area contributed by atoms with Crippen molar-refractivity contribution < 1.29 is 23.9 Å². The van der Waals surface area contributed by atoms with E-state index in [1.54, 1.807) is 34.1 Å². The minimum absolute atomic E-state index is 0.120. The van der Waals surface area contributed by atoms with Gasteiger partial charge in [-0.2, -0.15) is 0 Å². The van der Waals surface area contributed by atoms with Gasteiger partial charge in [-0.15, -0.1) is 0 Å². The smallest absolute Gasteiger partial charge is 0.273 e. The second-order valence-corrected chi connectivity index (χ2v) is 6.96. The van der Waals surface area contributed by atoms with Crippen molar-refractivity contribution in [2.45, 2.75) is 25.7 Å². The Morgan fingerprint density at radius 3 is 2.31 bits per heavy atom. The lowest BCUT2D eigenvalue weighted by Crippen LogP contribution is -2.41. The number of carbonyl (C=O) groups is 1. The van der Waals surface area contributed by atoms with E-state index in [2.05, 4.69) is 5.32 Å². The van der Waals surface area contributed by atoms with Gasteiger partial charge in [0.1, 0.15) is 5.75 Å². The van der Waals surface area contributed by atoms with Crippen LogP contribution in [0.25, 0.3) is 0 Å². The molecule has 0 saturated carbocycles. The van der Waals surface area contributed by atoms with Gasteiger partial charge in [0.05, 0.1) is 31.7 Å². The lowest BCUT2D eigenvalue weighted by Gasteiger charge is -2.24. The summed E-state index contributed by atoms with van der Waals surface area (Å²) >= 11 is 0. The number of amides is 1. The van der Waals surface area contributed by atoms with Crippen LogP contribution < -0.4 is 19.5 Å². The van der Waals surface area contributed by atoms with E-state index in [-0.39, 0.29) is 11.6 Å². The van der Waals surface area contributed by atoms with Gasteiger partial charge in [0.2, 0.25) is 5.91 Å². The van der Waals surface area contributed by atoms with Crippen LogP contribution in [0.4, 0.5) is 5.69 Å². The molecule has 0 aliphatic rings. The fraction of sp³-hybridized carbons (Fsp3) is 0.381. The predicted molar refractivity (Wildman–Crippen MR) is 109 cm³/mol. The minimum Gasteiger partial charge on any atom is -0.497 e. The van der Waals surface area contributed by atoms with Crippen LogP contribution in [-0.2, 0) is 16.6 Å². The number of nitrogens with zero attached hydrogens (tertiary/aromatic N) is 1. The van der Waals surface area contributed by atoms with Crippen LogP contribution in [0.15, 0.2) is 36.4 Å². The van der Waals surface area contributed by atoms with Gasteiger partial charge in [-0.1, -0.05) is 6.07 Å². The predicted octanol–water partition coefficient (Wildman–Crippen LogP) is 3.26. The summed E-state index contributed by atoms with van der Waals surface area (Å²) in [7, 11) is 4.60. The van der Waals surface area contributed by atoms with Gasteiger partial charge < -0.3 is 19.5 Å². The van der Waals surface area contributed by atoms with E-state index in [1.807, 2.05) is 12.1 Å². The third-order valence-corrected chi connectivity index (χ3v) is 4.79. The van der Waals surface area contributed by atoms with Gasteiger partial charge in [-0.05, 0) is 50.1 Å². The standard InChI is InChI=1S/C21H26N2O6/c1-21(2,16-13-15(27-3)7-8-17(16)23(25)26)20(24)22-11-10-14-6-9-18(28-4)19(12-14)29-5/h6-9,12-13H,10-11H2,1-5H3,(H,22,24). The molecule has 0 aromatic heterocycles. The zero-order chi connectivity index (χ0) is 21.6. The first kappa shape index (κ1) is 22.0. The normalized spacial score (nSPS) is 10.9. The molecule has 0 fully saturated rings. The Hall–Kier alpha value is -3.29. The molecule has 0 spiro atoms. The highest BCUT2D eigenvalue weighted by atomic mass is 16.6. The van der Waals surface area contributed by atoms with Gasteiger partial charge in [-0.25, -0.2) is 0 Å². The first-order chi connectivity index (χ1) is 13.7. The molecule has 0 radical (unpaired) electrons. The van der Waals surface area contributed by atoms with Crippen LogP contribution in [0.3, 0.4) is 0 Å². The van der Waals surface area contributed by atoms with E-state index in [9.17, 15) is 14.9 Å². The van der Waals surface area contributed by atoms with Crippen LogP contribution in [0.1, 0.15) is 25.0 Å². The molecule has 0 heterocycles. The number of hydrogen-bond donors (Lipinski definition) is 1. The summed E-state index contributed by atoms with van der Waals surface area (Å²) in [6.45, 7) is 3.68. The Balaban J connectivity index is 2.13. The van der Waals surface area contributed by atoms with E-state index < -0.39 is 10.3 Å². The molecule has 0 aliphatic carbocycles. The summed E-state index contributed by atoms with van der Waals surface area (Å²) in [4.78, 5) is 23.8. The van der Waals surface area contributed by atoms with E-state index in [0.717, 1.165) is 5.56 Å². The van der Waals surface area contributed by atoms with E-state index in [0.29, 0.717) is 35.8 Å². The Morgan fingerprint density at radius 2 is 1.72 bits per heavy atom. The van der Waals surface area contributed by atoms with Crippen molar-refractivity contribution in [2.75, 3.05) is 27.9 Å². The van der Waals surface area contributed by atoms with Crippen molar-refractivity contribution in [1.29, 1.82) is 0 Å². The largest absolute Gasteiger partial charge is 0.497 e. The number of nitro benzene ring substituents is 1. The average molecular weight is 402 g/mol. The summed E-state index contributed by atoms with van der Waals surface area (Å²) < 4.78 is 15.7. The molecule has 29 heavy (non-hydrogen) atoms. The number of ether oxygens (including phenoxy) is 3. The van der Waals surface area contributed by atoms with Gasteiger partial charge in [0.25, 0.3) is 5.69 Å². The van der Waals surface area contributed by atoms with Gasteiger partial charge in [0.15, 0.2) is 11.5 Å². The number of hydrogen-bond acceptors (Lipinski definition) is 6. The number of rotatable bonds is 9. The van der Waals surface area contributed by atoms with Crippen molar-refractivity contribution in [2.24, 2.45) is 0 Å². The molecule has 8 nitrogen and oxygen atoms in total. The molecule has 8 heteroatoms. The highest BCUT2D eigenvalue weighted by Gasteiger charge is 2.36. The fourth-order valence-corrected chi connectivity index (χ4v) is 3.00. The molecule has 1 amide bonds. The summed E-state index contributed by atoms with van der Waals surface area (Å²) in [5.41, 5.74) is 0.0265. The van der Waals surface area contributed by atoms with Crippen LogP contribution in [0.2, 0.25) is 0 Å². The number of methoxy groups -OCH3 is 3. The molecule has 2 rings (SSSR count). The third-order valence-electron chi connectivity index (χ3n) is 4.79. The molecular formula is C21H26N2O6. The first-order valence-electron chi connectivity index (χ1n) is 9.06. The van der Waals surface area contributed by atoms with Crippen molar-refractivity contribution >= 4 is 11.6 Å². The van der Waals surface area contributed by atoms with Crippen molar-refractivity contribution in [3.63, 3.8) is 0 Å². The Morgan fingerprint density at radius 1 is 1.03 bits per heavy atom. The first-order valence-corrected chi connectivity index (χ1v) is 9.06. The topological polar surface area (TPSA) is 99.9 Å². The lowest BCUT2D eigenvalue weighted by molar-refractivity contribution is -0.385.